The van der Waals surface area contributed by atoms with E-state index in [1.54, 1.807) is 7.11 Å². The Morgan fingerprint density at radius 2 is 2.20 bits per heavy atom. The van der Waals surface area contributed by atoms with E-state index >= 15 is 0 Å². The molecule has 0 spiro atoms. The average Bonchev–Trinajstić information content (AvgIpc) is 3.13. The van der Waals surface area contributed by atoms with Crippen LogP contribution in [0.3, 0.4) is 0 Å². The number of nitrogens with zero attached hydrogens (tertiary/aromatic N) is 3. The highest BCUT2D eigenvalue weighted by molar-refractivity contribution is 5.78. The Balaban J connectivity index is 1.67. The number of rotatable bonds is 7. The van der Waals surface area contributed by atoms with E-state index in [1.807, 2.05) is 30.3 Å². The molecule has 134 valence electrons. The molecule has 1 atom stereocenters. The van der Waals surface area contributed by atoms with Crippen molar-refractivity contribution >= 4 is 5.91 Å². The van der Waals surface area contributed by atoms with Gasteiger partial charge in [-0.2, -0.15) is 4.98 Å². The second-order valence-electron chi connectivity index (χ2n) is 6.15. The predicted molar refractivity (Wildman–Crippen MR) is 92.8 cm³/mol. The second-order valence-corrected chi connectivity index (χ2v) is 6.15. The Morgan fingerprint density at radius 1 is 1.36 bits per heavy atom. The molecule has 2 heterocycles. The topological polar surface area (TPSA) is 80.5 Å². The third-order valence-electron chi connectivity index (χ3n) is 4.35. The van der Waals surface area contributed by atoms with Gasteiger partial charge < -0.3 is 14.6 Å². The molecule has 1 amide bonds. The number of piperidine rings is 1. The number of methoxy groups -OCH3 is 1. The van der Waals surface area contributed by atoms with E-state index in [9.17, 15) is 4.79 Å². The smallest absolute Gasteiger partial charge is 0.244 e. The summed E-state index contributed by atoms with van der Waals surface area (Å²) in [5, 5.41) is 6.97. The summed E-state index contributed by atoms with van der Waals surface area (Å²) in [4.78, 5) is 18.8. The fourth-order valence-electron chi connectivity index (χ4n) is 3.07. The van der Waals surface area contributed by atoms with Crippen molar-refractivity contribution in [1.29, 1.82) is 0 Å². The van der Waals surface area contributed by atoms with Gasteiger partial charge in [0.1, 0.15) is 0 Å². The molecule has 1 aliphatic rings. The summed E-state index contributed by atoms with van der Waals surface area (Å²) < 4.78 is 10.5. The van der Waals surface area contributed by atoms with E-state index in [2.05, 4.69) is 20.4 Å². The van der Waals surface area contributed by atoms with Gasteiger partial charge in [-0.25, -0.2) is 0 Å². The molecule has 1 saturated heterocycles. The van der Waals surface area contributed by atoms with Crippen LogP contribution in [0.2, 0.25) is 0 Å². The standard InChI is InChI=1S/C18H24N4O3/c1-24-12-10-19-16(23)13-22-11-6-5-9-15(22)18-20-17(21-25-18)14-7-3-2-4-8-14/h2-4,7-8,15H,5-6,9-13H2,1H3,(H,19,23). The van der Waals surface area contributed by atoms with Crippen LogP contribution in [0, 0.1) is 0 Å². The average molecular weight is 344 g/mol. The van der Waals surface area contributed by atoms with Crippen LogP contribution in [0.25, 0.3) is 11.4 Å². The molecule has 0 bridgehead atoms. The maximum atomic E-state index is 12.1. The molecule has 1 aromatic carbocycles. The van der Waals surface area contributed by atoms with Crippen molar-refractivity contribution in [3.05, 3.63) is 36.2 Å². The maximum absolute atomic E-state index is 12.1. The highest BCUT2D eigenvalue weighted by Crippen LogP contribution is 2.30. The first-order valence-corrected chi connectivity index (χ1v) is 8.66. The molecule has 0 aliphatic carbocycles. The summed E-state index contributed by atoms with van der Waals surface area (Å²) in [5.41, 5.74) is 0.928. The minimum Gasteiger partial charge on any atom is -0.383 e. The number of carbonyl (C=O) groups excluding carboxylic acids is 1. The van der Waals surface area contributed by atoms with Gasteiger partial charge in [0.25, 0.3) is 0 Å². The molecule has 3 rings (SSSR count). The first-order valence-electron chi connectivity index (χ1n) is 8.66. The summed E-state index contributed by atoms with van der Waals surface area (Å²) in [6.45, 7) is 2.22. The Bertz CT molecular complexity index is 674. The summed E-state index contributed by atoms with van der Waals surface area (Å²) in [7, 11) is 1.62. The number of carbonyl (C=O) groups is 1. The zero-order valence-electron chi connectivity index (χ0n) is 14.5. The van der Waals surface area contributed by atoms with Crippen molar-refractivity contribution in [3.63, 3.8) is 0 Å². The molecular formula is C18H24N4O3. The van der Waals surface area contributed by atoms with Crippen LogP contribution in [-0.2, 0) is 9.53 Å². The van der Waals surface area contributed by atoms with Crippen LogP contribution in [0.5, 0.6) is 0 Å². The number of hydrogen-bond donors (Lipinski definition) is 1. The third kappa shape index (κ3) is 4.64. The highest BCUT2D eigenvalue weighted by Gasteiger charge is 2.30. The Labute approximate surface area is 147 Å². The zero-order valence-corrected chi connectivity index (χ0v) is 14.5. The van der Waals surface area contributed by atoms with Crippen LogP contribution in [0.4, 0.5) is 0 Å². The van der Waals surface area contributed by atoms with Gasteiger partial charge in [-0.3, -0.25) is 9.69 Å². The molecule has 25 heavy (non-hydrogen) atoms. The van der Waals surface area contributed by atoms with Crippen molar-refractivity contribution in [1.82, 2.24) is 20.4 Å². The first-order chi connectivity index (χ1) is 12.3. The quantitative estimate of drug-likeness (QED) is 0.774. The minimum atomic E-state index is -0.00764. The normalized spacial score (nSPS) is 18.2. The number of ether oxygens (including phenoxy) is 1. The van der Waals surface area contributed by atoms with Crippen molar-refractivity contribution in [2.45, 2.75) is 25.3 Å². The molecule has 1 N–H and O–H groups in total. The summed E-state index contributed by atoms with van der Waals surface area (Å²) >= 11 is 0. The van der Waals surface area contributed by atoms with Gasteiger partial charge in [0.05, 0.1) is 19.2 Å². The Hall–Kier alpha value is -2.25. The summed E-state index contributed by atoms with van der Waals surface area (Å²) in [6, 6.07) is 9.75. The Kier molecular flexibility index (Phi) is 6.14. The van der Waals surface area contributed by atoms with E-state index in [0.29, 0.717) is 31.4 Å². The van der Waals surface area contributed by atoms with E-state index < -0.39 is 0 Å². The largest absolute Gasteiger partial charge is 0.383 e. The van der Waals surface area contributed by atoms with E-state index in [-0.39, 0.29) is 11.9 Å². The summed E-state index contributed by atoms with van der Waals surface area (Å²) in [6.07, 6.45) is 3.08. The van der Waals surface area contributed by atoms with Crippen LogP contribution in [-0.4, -0.2) is 54.3 Å². The lowest BCUT2D eigenvalue weighted by Crippen LogP contribution is -2.42. The minimum absolute atomic E-state index is 0.00751. The molecular weight excluding hydrogens is 320 g/mol. The van der Waals surface area contributed by atoms with Gasteiger partial charge in [-0.1, -0.05) is 41.9 Å². The van der Waals surface area contributed by atoms with Crippen molar-refractivity contribution in [2.24, 2.45) is 0 Å². The molecule has 2 aromatic rings. The lowest BCUT2D eigenvalue weighted by atomic mass is 10.0. The van der Waals surface area contributed by atoms with Gasteiger partial charge >= 0.3 is 0 Å². The molecule has 1 aromatic heterocycles. The van der Waals surface area contributed by atoms with Gasteiger partial charge in [0.15, 0.2) is 0 Å². The summed E-state index contributed by atoms with van der Waals surface area (Å²) in [5.74, 6) is 1.17. The fraction of sp³-hybridized carbons (Fsp3) is 0.500. The number of aromatic nitrogens is 2. The lowest BCUT2D eigenvalue weighted by Gasteiger charge is -2.32. The maximum Gasteiger partial charge on any atom is 0.244 e. The second kappa shape index (κ2) is 8.73. The van der Waals surface area contributed by atoms with Crippen LogP contribution < -0.4 is 5.32 Å². The van der Waals surface area contributed by atoms with Crippen molar-refractivity contribution in [3.8, 4) is 11.4 Å². The molecule has 0 saturated carbocycles. The number of benzene rings is 1. The zero-order chi connectivity index (χ0) is 17.5. The molecule has 7 heteroatoms. The number of amides is 1. The predicted octanol–water partition coefficient (Wildman–Crippen LogP) is 2.03. The number of hydrogen-bond acceptors (Lipinski definition) is 6. The SMILES string of the molecule is COCCNC(=O)CN1CCCCC1c1nc(-c2ccccc2)no1. The third-order valence-corrected chi connectivity index (χ3v) is 4.35. The molecule has 1 unspecified atom stereocenters. The van der Waals surface area contributed by atoms with Gasteiger partial charge in [0, 0.05) is 19.2 Å². The van der Waals surface area contributed by atoms with Gasteiger partial charge in [-0.05, 0) is 19.4 Å². The fourth-order valence-corrected chi connectivity index (χ4v) is 3.07. The molecule has 1 aliphatic heterocycles. The van der Waals surface area contributed by atoms with Crippen LogP contribution in [0.15, 0.2) is 34.9 Å². The lowest BCUT2D eigenvalue weighted by molar-refractivity contribution is -0.123. The van der Waals surface area contributed by atoms with Crippen molar-refractivity contribution in [2.75, 3.05) is 33.4 Å². The number of likely N-dealkylation sites (tertiary alicyclic amines) is 1. The molecule has 7 nitrogen and oxygen atoms in total. The van der Waals surface area contributed by atoms with Gasteiger partial charge in [0.2, 0.25) is 17.6 Å². The molecule has 1 fully saturated rings. The van der Waals surface area contributed by atoms with Crippen molar-refractivity contribution < 1.29 is 14.1 Å². The highest BCUT2D eigenvalue weighted by atomic mass is 16.5. The van der Waals surface area contributed by atoms with Crippen LogP contribution >= 0.6 is 0 Å². The monoisotopic (exact) mass is 344 g/mol. The van der Waals surface area contributed by atoms with E-state index in [4.69, 9.17) is 9.26 Å². The van der Waals surface area contributed by atoms with Crippen LogP contribution in [0.1, 0.15) is 31.2 Å². The number of nitrogens with one attached hydrogen (secondary N) is 1. The van der Waals surface area contributed by atoms with Gasteiger partial charge in [-0.15, -0.1) is 0 Å². The molecule has 0 radical (unpaired) electrons. The van der Waals surface area contributed by atoms with E-state index in [1.165, 1.54) is 0 Å². The van der Waals surface area contributed by atoms with E-state index in [0.717, 1.165) is 31.4 Å². The Morgan fingerprint density at radius 3 is 3.00 bits per heavy atom. The first kappa shape index (κ1) is 17.6.